The van der Waals surface area contributed by atoms with E-state index in [2.05, 4.69) is 17.1 Å². The molecule has 4 rings (SSSR count). The highest BCUT2D eigenvalue weighted by atomic mass is 16.3. The topological polar surface area (TPSA) is 95.7 Å². The highest BCUT2D eigenvalue weighted by molar-refractivity contribution is 5.96. The fraction of sp³-hybridized carbons (Fsp3) is 0.227. The summed E-state index contributed by atoms with van der Waals surface area (Å²) >= 11 is 0. The van der Waals surface area contributed by atoms with Gasteiger partial charge in [-0.05, 0) is 24.6 Å². The molecule has 2 atom stereocenters. The number of fused-ring (bicyclic) bond motifs is 1. The highest BCUT2D eigenvalue weighted by Gasteiger charge is 2.40. The zero-order valence-corrected chi connectivity index (χ0v) is 15.7. The number of benzene rings is 1. The molecule has 2 unspecified atom stereocenters. The molecule has 3 aromatic rings. The second-order valence-electron chi connectivity index (χ2n) is 6.83. The third-order valence-corrected chi connectivity index (χ3v) is 5.25. The standard InChI is InChI=1S/C22H19N3O4/c1-2-24-13-16(25-18(21(24)28)19(26)20(27)23-22(25)29)17(14-9-5-3-6-10-14)15-11-7-4-8-12-15/h3-7,9-11,16-17,26H,2,13H2,1H3,(H,23,27,29). The maximum atomic E-state index is 12.9. The van der Waals surface area contributed by atoms with Crippen molar-refractivity contribution in [3.63, 3.8) is 0 Å². The summed E-state index contributed by atoms with van der Waals surface area (Å²) in [5.74, 6) is -1.61. The van der Waals surface area contributed by atoms with Crippen molar-refractivity contribution in [2.45, 2.75) is 18.9 Å². The molecule has 7 nitrogen and oxygen atoms in total. The minimum Gasteiger partial charge on any atom is -0.501 e. The van der Waals surface area contributed by atoms with E-state index >= 15 is 0 Å². The first-order valence-electron chi connectivity index (χ1n) is 9.29. The second-order valence-corrected chi connectivity index (χ2v) is 6.83. The molecule has 2 aromatic carbocycles. The van der Waals surface area contributed by atoms with Crippen LogP contribution in [0.25, 0.3) is 0 Å². The Morgan fingerprint density at radius 1 is 1.17 bits per heavy atom. The maximum absolute atomic E-state index is 12.9. The first-order valence-corrected chi connectivity index (χ1v) is 9.29. The number of aromatic nitrogens is 2. The van der Waals surface area contributed by atoms with E-state index in [1.807, 2.05) is 49.4 Å². The molecule has 2 N–H and O–H groups in total. The normalized spacial score (nSPS) is 15.9. The molecule has 29 heavy (non-hydrogen) atoms. The summed E-state index contributed by atoms with van der Waals surface area (Å²) in [7, 11) is 0. The van der Waals surface area contributed by atoms with Crippen LogP contribution >= 0.6 is 0 Å². The predicted octanol–water partition coefficient (Wildman–Crippen LogP) is 2.10. The van der Waals surface area contributed by atoms with Crippen LogP contribution in [0.5, 0.6) is 11.8 Å². The summed E-state index contributed by atoms with van der Waals surface area (Å²) in [5, 5.41) is 20.8. The number of carbonyl (C=O) groups excluding carboxylic acids is 1. The summed E-state index contributed by atoms with van der Waals surface area (Å²) in [6.07, 6.45) is 0. The van der Waals surface area contributed by atoms with Gasteiger partial charge in [0.05, 0.1) is 6.04 Å². The van der Waals surface area contributed by atoms with Crippen LogP contribution in [-0.2, 0) is 0 Å². The summed E-state index contributed by atoms with van der Waals surface area (Å²) in [6, 6.07) is 20.0. The van der Waals surface area contributed by atoms with Crippen molar-refractivity contribution in [3.8, 4) is 11.8 Å². The Bertz CT molecular complexity index is 1060. The fourth-order valence-electron chi connectivity index (χ4n) is 3.92. The monoisotopic (exact) mass is 389 g/mol. The van der Waals surface area contributed by atoms with Crippen LogP contribution in [0.2, 0.25) is 0 Å². The molecular formula is C22H19N3O4. The molecule has 0 radical (unpaired) electrons. The van der Waals surface area contributed by atoms with Crippen molar-refractivity contribution in [2.24, 2.45) is 0 Å². The molecule has 0 saturated carbocycles. The van der Waals surface area contributed by atoms with Gasteiger partial charge in [-0.25, -0.2) is 0 Å². The van der Waals surface area contributed by atoms with E-state index in [-0.39, 0.29) is 18.2 Å². The molecule has 2 heterocycles. The average molecular weight is 389 g/mol. The number of rotatable bonds is 4. The van der Waals surface area contributed by atoms with E-state index in [1.54, 1.807) is 11.0 Å². The first kappa shape index (κ1) is 18.6. The third kappa shape index (κ3) is 3.09. The van der Waals surface area contributed by atoms with Gasteiger partial charge in [0.1, 0.15) is 0 Å². The zero-order chi connectivity index (χ0) is 20.5. The average Bonchev–Trinajstić information content (AvgIpc) is 2.74. The van der Waals surface area contributed by atoms with Crippen molar-refractivity contribution in [2.75, 3.05) is 13.1 Å². The minimum atomic E-state index is -1.03. The molecule has 7 heteroatoms. The van der Waals surface area contributed by atoms with Gasteiger partial charge in [-0.1, -0.05) is 48.5 Å². The maximum Gasteiger partial charge on any atom is 0.318 e. The van der Waals surface area contributed by atoms with E-state index in [9.17, 15) is 19.8 Å². The van der Waals surface area contributed by atoms with Crippen molar-refractivity contribution < 1.29 is 15.0 Å². The zero-order valence-electron chi connectivity index (χ0n) is 15.7. The Balaban J connectivity index is 1.99. The third-order valence-electron chi connectivity index (χ3n) is 5.25. The van der Waals surface area contributed by atoms with Crippen LogP contribution in [0.15, 0.2) is 53.3 Å². The van der Waals surface area contributed by atoms with Gasteiger partial charge in [-0.3, -0.25) is 14.2 Å². The lowest BCUT2D eigenvalue weighted by molar-refractivity contribution is 0.0648. The van der Waals surface area contributed by atoms with Gasteiger partial charge >= 0.3 is 5.56 Å². The molecule has 1 amide bonds. The van der Waals surface area contributed by atoms with Gasteiger partial charge < -0.3 is 15.1 Å². The summed E-state index contributed by atoms with van der Waals surface area (Å²) < 4.78 is 1.27. The van der Waals surface area contributed by atoms with Crippen LogP contribution in [0.3, 0.4) is 0 Å². The smallest absolute Gasteiger partial charge is 0.318 e. The Labute approximate surface area is 167 Å². The van der Waals surface area contributed by atoms with Gasteiger partial charge in [-0.15, -0.1) is 0 Å². The summed E-state index contributed by atoms with van der Waals surface area (Å²) in [5.41, 5.74) is 0.455. The number of amides is 1. The number of nitrogens with zero attached hydrogens (tertiary/aromatic N) is 3. The van der Waals surface area contributed by atoms with Crippen molar-refractivity contribution in [3.05, 3.63) is 87.8 Å². The van der Waals surface area contributed by atoms with Crippen LogP contribution in [0, 0.1) is 12.1 Å². The van der Waals surface area contributed by atoms with Gasteiger partial charge in [0.25, 0.3) is 11.9 Å². The molecule has 0 fully saturated rings. The van der Waals surface area contributed by atoms with Crippen LogP contribution < -0.4 is 5.56 Å². The first-order chi connectivity index (χ1) is 14.0. The fourth-order valence-corrected chi connectivity index (χ4v) is 3.92. The lowest BCUT2D eigenvalue weighted by Gasteiger charge is -2.39. The Kier molecular flexibility index (Phi) is 4.69. The van der Waals surface area contributed by atoms with Crippen molar-refractivity contribution in [1.82, 2.24) is 14.5 Å². The quantitative estimate of drug-likeness (QED) is 0.713. The Morgan fingerprint density at radius 3 is 2.59 bits per heavy atom. The number of hydrogen-bond donors (Lipinski definition) is 2. The number of likely N-dealkylation sites (N-methyl/N-ethyl adjacent to an activating group) is 1. The molecule has 1 aliphatic heterocycles. The highest BCUT2D eigenvalue weighted by Crippen LogP contribution is 2.40. The minimum absolute atomic E-state index is 0.249. The molecule has 1 aromatic heterocycles. The lowest BCUT2D eigenvalue weighted by Crippen LogP contribution is -2.46. The van der Waals surface area contributed by atoms with Crippen LogP contribution in [-0.4, -0.2) is 43.7 Å². The molecule has 146 valence electrons. The van der Waals surface area contributed by atoms with Gasteiger partial charge in [0.2, 0.25) is 5.75 Å². The van der Waals surface area contributed by atoms with Crippen LogP contribution in [0.1, 0.15) is 40.5 Å². The van der Waals surface area contributed by atoms with Gasteiger partial charge in [0.15, 0.2) is 5.69 Å². The molecular weight excluding hydrogens is 370 g/mol. The van der Waals surface area contributed by atoms with E-state index in [1.165, 1.54) is 4.57 Å². The number of aromatic hydroxyl groups is 2. The largest absolute Gasteiger partial charge is 0.501 e. The van der Waals surface area contributed by atoms with E-state index in [0.717, 1.165) is 11.1 Å². The lowest BCUT2D eigenvalue weighted by atomic mass is 9.84. The second kappa shape index (κ2) is 7.32. The van der Waals surface area contributed by atoms with Gasteiger partial charge in [0, 0.05) is 24.6 Å². The van der Waals surface area contributed by atoms with Crippen molar-refractivity contribution >= 4 is 5.91 Å². The molecule has 0 aliphatic carbocycles. The Morgan fingerprint density at radius 2 is 1.93 bits per heavy atom. The molecule has 0 bridgehead atoms. The summed E-state index contributed by atoms with van der Waals surface area (Å²) in [6.45, 7) is 2.47. The summed E-state index contributed by atoms with van der Waals surface area (Å²) in [4.78, 5) is 29.9. The van der Waals surface area contributed by atoms with Crippen LogP contribution in [0.4, 0.5) is 0 Å². The molecule has 0 spiro atoms. The van der Waals surface area contributed by atoms with Crippen molar-refractivity contribution in [1.29, 1.82) is 0 Å². The number of carbonyl (C=O) groups is 1. The number of hydrogen-bond acceptors (Lipinski definition) is 5. The van der Waals surface area contributed by atoms with E-state index in [4.69, 9.17) is 0 Å². The Hall–Kier alpha value is -3.79. The SMILES string of the molecule is CCN1CC(C(c2c#cccc2)c2ccccc2)n2c(O)nc(=O)c(O)c2C1=O. The van der Waals surface area contributed by atoms with E-state index < -0.39 is 29.3 Å². The molecule has 0 saturated heterocycles. The van der Waals surface area contributed by atoms with Gasteiger partial charge in [-0.2, -0.15) is 4.98 Å². The van der Waals surface area contributed by atoms with E-state index in [0.29, 0.717) is 6.54 Å². The predicted molar refractivity (Wildman–Crippen MR) is 105 cm³/mol. The molecule has 1 aliphatic rings.